The minimum atomic E-state index is -0.0756. The Balaban J connectivity index is 1.12. The van der Waals surface area contributed by atoms with Crippen LogP contribution >= 0.6 is 0 Å². The predicted octanol–water partition coefficient (Wildman–Crippen LogP) is 5.34. The molecule has 5 aromatic rings. The number of nitrogens with zero attached hydrogens (tertiary/aromatic N) is 5. The Morgan fingerprint density at radius 2 is 1.76 bits per heavy atom. The van der Waals surface area contributed by atoms with E-state index in [0.717, 1.165) is 36.4 Å². The van der Waals surface area contributed by atoms with E-state index in [1.165, 1.54) is 5.56 Å². The van der Waals surface area contributed by atoms with E-state index < -0.39 is 0 Å². The summed E-state index contributed by atoms with van der Waals surface area (Å²) < 4.78 is 16.0. The van der Waals surface area contributed by atoms with Gasteiger partial charge in [0.2, 0.25) is 0 Å². The quantitative estimate of drug-likeness (QED) is 0.282. The summed E-state index contributed by atoms with van der Waals surface area (Å²) in [6.07, 6.45) is 9.48. The van der Waals surface area contributed by atoms with Gasteiger partial charge in [0.1, 0.15) is 11.6 Å². The first-order valence-electron chi connectivity index (χ1n) is 13.2. The minimum Gasteiger partial charge on any atom is -0.490 e. The number of imidazole rings is 2. The van der Waals surface area contributed by atoms with Gasteiger partial charge in [0.25, 0.3) is 5.91 Å². The number of aromatic nitrogens is 4. The molecule has 0 unspecified atom stereocenters. The predicted molar refractivity (Wildman–Crippen MR) is 144 cm³/mol. The highest BCUT2D eigenvalue weighted by atomic mass is 16.5. The molecule has 6 rings (SSSR count). The monoisotopic (exact) mass is 509 g/mol. The first kappa shape index (κ1) is 24.0. The number of hydrogen-bond acceptors (Lipinski definition) is 5. The zero-order chi connectivity index (χ0) is 25.9. The number of benzene rings is 2. The van der Waals surface area contributed by atoms with Crippen molar-refractivity contribution in [1.82, 2.24) is 24.0 Å². The molecule has 194 valence electrons. The lowest BCUT2D eigenvalue weighted by molar-refractivity contribution is 0.0680. The van der Waals surface area contributed by atoms with Gasteiger partial charge in [-0.2, -0.15) is 0 Å². The van der Waals surface area contributed by atoms with Crippen LogP contribution in [-0.4, -0.2) is 49.6 Å². The summed E-state index contributed by atoms with van der Waals surface area (Å²) in [7, 11) is 0. The minimum absolute atomic E-state index is 0.0756. The fourth-order valence-electron chi connectivity index (χ4n) is 5.29. The van der Waals surface area contributed by atoms with Crippen LogP contribution in [0.2, 0.25) is 0 Å². The molecule has 8 heteroatoms. The molecule has 38 heavy (non-hydrogen) atoms. The van der Waals surface area contributed by atoms with Crippen molar-refractivity contribution in [3.05, 3.63) is 102 Å². The Morgan fingerprint density at radius 1 is 0.974 bits per heavy atom. The van der Waals surface area contributed by atoms with Crippen molar-refractivity contribution in [1.29, 1.82) is 0 Å². The Labute approximate surface area is 221 Å². The Bertz CT molecular complexity index is 1530. The lowest BCUT2D eigenvalue weighted by Gasteiger charge is -2.31. The average Bonchev–Trinajstić information content (AvgIpc) is 3.70. The van der Waals surface area contributed by atoms with Crippen molar-refractivity contribution in [2.45, 2.75) is 38.8 Å². The summed E-state index contributed by atoms with van der Waals surface area (Å²) >= 11 is 0. The molecule has 1 amide bonds. The second kappa shape index (κ2) is 10.6. The number of para-hydroxylation sites is 1. The van der Waals surface area contributed by atoms with E-state index in [-0.39, 0.29) is 11.8 Å². The summed E-state index contributed by atoms with van der Waals surface area (Å²) in [5.41, 5.74) is 1.87. The number of piperidine rings is 1. The molecule has 3 aromatic heterocycles. The van der Waals surface area contributed by atoms with Crippen LogP contribution in [0.3, 0.4) is 0 Å². The number of rotatable bonds is 8. The molecular weight excluding hydrogens is 478 g/mol. The van der Waals surface area contributed by atoms with Crippen molar-refractivity contribution in [3.63, 3.8) is 0 Å². The number of fused-ring (bicyclic) bond motifs is 1. The van der Waals surface area contributed by atoms with E-state index in [2.05, 4.69) is 38.4 Å². The maximum atomic E-state index is 13.3. The fourth-order valence-corrected chi connectivity index (χ4v) is 5.29. The number of furan rings is 1. The van der Waals surface area contributed by atoms with Crippen LogP contribution in [-0.2, 0) is 13.1 Å². The third-order valence-electron chi connectivity index (χ3n) is 7.22. The molecule has 8 nitrogen and oxygen atoms in total. The van der Waals surface area contributed by atoms with E-state index >= 15 is 0 Å². The van der Waals surface area contributed by atoms with Crippen LogP contribution in [0.25, 0.3) is 11.0 Å². The van der Waals surface area contributed by atoms with Crippen LogP contribution in [0.15, 0.2) is 83.8 Å². The lowest BCUT2D eigenvalue weighted by atomic mass is 9.95. The maximum absolute atomic E-state index is 13.3. The first-order valence-corrected chi connectivity index (χ1v) is 13.2. The number of hydrogen-bond donors (Lipinski definition) is 0. The first-order chi connectivity index (χ1) is 18.7. The van der Waals surface area contributed by atoms with Crippen LogP contribution in [0.1, 0.15) is 53.5 Å². The van der Waals surface area contributed by atoms with Crippen LogP contribution in [0, 0.1) is 0 Å². The van der Waals surface area contributed by atoms with Gasteiger partial charge in [0, 0.05) is 55.7 Å². The van der Waals surface area contributed by atoms with Gasteiger partial charge in [-0.1, -0.05) is 42.5 Å². The van der Waals surface area contributed by atoms with Gasteiger partial charge in [-0.3, -0.25) is 4.79 Å². The normalized spacial score (nSPS) is 14.3. The standard InChI is InChI=1S/C30H31N5O3/c1-2-37-25-10-6-9-24-19-26(38-28(24)25)30(36)33-15-11-23(12-16-33)29-32-14-18-35(29)21-27-31-13-17-34(27)20-22-7-4-3-5-8-22/h3-10,13-14,17-19,23H,2,11-12,15-16,20-21H2,1H3. The molecule has 0 aliphatic carbocycles. The molecular formula is C30H31N5O3. The summed E-state index contributed by atoms with van der Waals surface area (Å²) in [4.78, 5) is 24.5. The smallest absolute Gasteiger partial charge is 0.289 e. The third-order valence-corrected chi connectivity index (χ3v) is 7.22. The Kier molecular flexibility index (Phi) is 6.69. The Hall–Kier alpha value is -4.33. The molecule has 1 saturated heterocycles. The second-order valence-electron chi connectivity index (χ2n) is 9.65. The fraction of sp³-hybridized carbons (Fsp3) is 0.300. The van der Waals surface area contributed by atoms with Gasteiger partial charge in [-0.05, 0) is 37.5 Å². The molecule has 0 radical (unpaired) electrons. The molecule has 1 aliphatic rings. The molecule has 0 saturated carbocycles. The zero-order valence-electron chi connectivity index (χ0n) is 21.5. The van der Waals surface area contributed by atoms with E-state index in [1.54, 1.807) is 0 Å². The molecule has 4 heterocycles. The lowest BCUT2D eigenvalue weighted by Crippen LogP contribution is -2.38. The van der Waals surface area contributed by atoms with E-state index in [1.807, 2.05) is 66.9 Å². The number of amides is 1. The van der Waals surface area contributed by atoms with Crippen LogP contribution in [0.5, 0.6) is 5.75 Å². The SMILES string of the molecule is CCOc1cccc2cc(C(=O)N3CCC(c4nccn4Cc4nccn4Cc4ccccc4)CC3)oc12. The highest BCUT2D eigenvalue weighted by molar-refractivity contribution is 5.97. The number of carbonyl (C=O) groups is 1. The topological polar surface area (TPSA) is 78.3 Å². The highest BCUT2D eigenvalue weighted by Gasteiger charge is 2.29. The second-order valence-corrected chi connectivity index (χ2v) is 9.65. The third kappa shape index (κ3) is 4.81. The van der Waals surface area contributed by atoms with Crippen LogP contribution < -0.4 is 4.74 Å². The number of likely N-dealkylation sites (tertiary alicyclic amines) is 1. The summed E-state index contributed by atoms with van der Waals surface area (Å²) in [6.45, 7) is 5.25. The van der Waals surface area contributed by atoms with Crippen molar-refractivity contribution in [2.75, 3.05) is 19.7 Å². The summed E-state index contributed by atoms with van der Waals surface area (Å²) in [5.74, 6) is 3.28. The molecule has 2 aromatic carbocycles. The molecule has 0 bridgehead atoms. The van der Waals surface area contributed by atoms with Crippen molar-refractivity contribution >= 4 is 16.9 Å². The highest BCUT2D eigenvalue weighted by Crippen LogP contribution is 2.31. The van der Waals surface area contributed by atoms with Gasteiger partial charge >= 0.3 is 0 Å². The van der Waals surface area contributed by atoms with Gasteiger partial charge in [-0.25, -0.2) is 9.97 Å². The number of carbonyl (C=O) groups excluding carboxylic acids is 1. The summed E-state index contributed by atoms with van der Waals surface area (Å²) in [5, 5.41) is 0.877. The van der Waals surface area contributed by atoms with Gasteiger partial charge < -0.3 is 23.2 Å². The maximum Gasteiger partial charge on any atom is 0.289 e. The van der Waals surface area contributed by atoms with E-state index in [0.29, 0.717) is 43.3 Å². The molecule has 0 spiro atoms. The largest absolute Gasteiger partial charge is 0.490 e. The van der Waals surface area contributed by atoms with Crippen molar-refractivity contribution < 1.29 is 13.9 Å². The van der Waals surface area contributed by atoms with Crippen molar-refractivity contribution in [2.24, 2.45) is 0 Å². The van der Waals surface area contributed by atoms with E-state index in [9.17, 15) is 4.79 Å². The number of ether oxygens (including phenoxy) is 1. The van der Waals surface area contributed by atoms with Crippen molar-refractivity contribution in [3.8, 4) is 5.75 Å². The van der Waals surface area contributed by atoms with Gasteiger partial charge in [-0.15, -0.1) is 0 Å². The zero-order valence-corrected chi connectivity index (χ0v) is 21.5. The summed E-state index contributed by atoms with van der Waals surface area (Å²) in [6, 6.07) is 17.9. The average molecular weight is 510 g/mol. The molecule has 0 atom stereocenters. The molecule has 1 aliphatic heterocycles. The van der Waals surface area contributed by atoms with Gasteiger partial charge in [0.15, 0.2) is 17.1 Å². The molecule has 0 N–H and O–H groups in total. The Morgan fingerprint density at radius 3 is 2.58 bits per heavy atom. The van der Waals surface area contributed by atoms with Gasteiger partial charge in [0.05, 0.1) is 13.2 Å². The molecule has 1 fully saturated rings. The van der Waals surface area contributed by atoms with Crippen LogP contribution in [0.4, 0.5) is 0 Å². The van der Waals surface area contributed by atoms with E-state index in [4.69, 9.17) is 14.1 Å².